The van der Waals surface area contributed by atoms with Crippen LogP contribution in [0.3, 0.4) is 0 Å². The van der Waals surface area contributed by atoms with Gasteiger partial charge in [-0.25, -0.2) is 0 Å². The van der Waals surface area contributed by atoms with Crippen LogP contribution in [0.1, 0.15) is 5.56 Å². The van der Waals surface area contributed by atoms with Crippen molar-refractivity contribution in [2.45, 2.75) is 5.75 Å². The van der Waals surface area contributed by atoms with E-state index in [1.54, 1.807) is 24.3 Å². The van der Waals surface area contributed by atoms with Gasteiger partial charge in [0.2, 0.25) is 0 Å². The van der Waals surface area contributed by atoms with Crippen molar-refractivity contribution in [2.75, 3.05) is 52.9 Å². The number of hydrogen-bond donors (Lipinski definition) is 1. The zero-order valence-electron chi connectivity index (χ0n) is 13.1. The maximum Gasteiger partial charge on any atom is 0.271 e. The molecule has 1 aromatic rings. The van der Waals surface area contributed by atoms with Gasteiger partial charge in [0.25, 0.3) is 10.1 Å². The molecule has 0 heterocycles. The predicted molar refractivity (Wildman–Crippen MR) is 84.6 cm³/mol. The molecular formula is C15H24O7S. The van der Waals surface area contributed by atoms with Crippen LogP contribution >= 0.6 is 0 Å². The molecule has 0 amide bonds. The summed E-state index contributed by atoms with van der Waals surface area (Å²) in [5.74, 6) is -0.148. The summed E-state index contributed by atoms with van der Waals surface area (Å²) in [6.45, 7) is 2.03. The van der Waals surface area contributed by atoms with Crippen LogP contribution in [-0.4, -0.2) is 66.4 Å². The molecule has 0 saturated carbocycles. The number of aliphatic hydroxyl groups is 1. The number of rotatable bonds is 14. The molecule has 7 nitrogen and oxygen atoms in total. The van der Waals surface area contributed by atoms with Crippen molar-refractivity contribution in [2.24, 2.45) is 0 Å². The fraction of sp³-hybridized carbons (Fsp3) is 0.600. The lowest BCUT2D eigenvalue weighted by Gasteiger charge is -2.07. The van der Waals surface area contributed by atoms with Crippen LogP contribution in [0.4, 0.5) is 0 Å². The Morgan fingerprint density at radius 3 is 1.87 bits per heavy atom. The first kappa shape index (κ1) is 20.0. The lowest BCUT2D eigenvalue weighted by Crippen LogP contribution is -2.15. The third-order valence-electron chi connectivity index (χ3n) is 2.66. The van der Waals surface area contributed by atoms with Gasteiger partial charge in [-0.15, -0.1) is 0 Å². The summed E-state index contributed by atoms with van der Waals surface area (Å²) >= 11 is 0. The summed E-state index contributed by atoms with van der Waals surface area (Å²) in [4.78, 5) is 0. The molecule has 0 aromatic heterocycles. The van der Waals surface area contributed by atoms with Crippen LogP contribution < -0.4 is 0 Å². The van der Waals surface area contributed by atoms with Crippen LogP contribution in [0, 0.1) is 0 Å². The second-order valence-corrected chi connectivity index (χ2v) is 6.21. The van der Waals surface area contributed by atoms with Crippen molar-refractivity contribution in [3.05, 3.63) is 35.9 Å². The Labute approximate surface area is 137 Å². The number of aliphatic hydroxyl groups excluding tert-OH is 1. The number of ether oxygens (including phenoxy) is 3. The Balaban J connectivity index is 1.98. The van der Waals surface area contributed by atoms with Crippen molar-refractivity contribution < 1.29 is 31.9 Å². The highest BCUT2D eigenvalue weighted by atomic mass is 32.2. The van der Waals surface area contributed by atoms with Gasteiger partial charge in [-0.05, 0) is 5.56 Å². The van der Waals surface area contributed by atoms with Crippen molar-refractivity contribution >= 4 is 10.1 Å². The minimum atomic E-state index is -3.59. The van der Waals surface area contributed by atoms with E-state index in [1.807, 2.05) is 6.07 Å². The molecule has 0 spiro atoms. The van der Waals surface area contributed by atoms with Crippen molar-refractivity contribution in [3.8, 4) is 0 Å². The first-order valence-corrected chi connectivity index (χ1v) is 8.97. The zero-order chi connectivity index (χ0) is 16.8. The predicted octanol–water partition coefficient (Wildman–Crippen LogP) is 0.575. The monoisotopic (exact) mass is 348 g/mol. The molecule has 1 aromatic carbocycles. The van der Waals surface area contributed by atoms with Crippen LogP contribution in [0.5, 0.6) is 0 Å². The summed E-state index contributed by atoms with van der Waals surface area (Å²) in [7, 11) is -3.59. The molecule has 0 atom stereocenters. The SMILES string of the molecule is O=S(=O)(Cc1ccccc1)OCCOCCOCCOCCO. The Bertz CT molecular complexity index is 490. The Kier molecular flexibility index (Phi) is 10.8. The molecule has 0 aliphatic rings. The first-order chi connectivity index (χ1) is 11.1. The molecule has 1 N–H and O–H groups in total. The third kappa shape index (κ3) is 11.2. The lowest BCUT2D eigenvalue weighted by molar-refractivity contribution is 0.00388. The minimum absolute atomic E-state index is 0.00368. The molecule has 23 heavy (non-hydrogen) atoms. The maximum atomic E-state index is 11.7. The van der Waals surface area contributed by atoms with Crippen LogP contribution in [0.15, 0.2) is 30.3 Å². The minimum Gasteiger partial charge on any atom is -0.394 e. The molecule has 0 aliphatic heterocycles. The molecule has 0 aliphatic carbocycles. The average molecular weight is 348 g/mol. The molecular weight excluding hydrogens is 324 g/mol. The third-order valence-corrected chi connectivity index (χ3v) is 3.87. The summed E-state index contributed by atoms with van der Waals surface area (Å²) in [6, 6.07) is 8.86. The molecule has 0 unspecified atom stereocenters. The van der Waals surface area contributed by atoms with Gasteiger partial charge in [-0.2, -0.15) is 8.42 Å². The van der Waals surface area contributed by atoms with Crippen molar-refractivity contribution in [1.82, 2.24) is 0 Å². The second-order valence-electron chi connectivity index (χ2n) is 4.57. The zero-order valence-corrected chi connectivity index (χ0v) is 13.9. The fourth-order valence-corrected chi connectivity index (χ4v) is 2.65. The maximum absolute atomic E-state index is 11.7. The van der Waals surface area contributed by atoms with E-state index in [-0.39, 0.29) is 25.6 Å². The summed E-state index contributed by atoms with van der Waals surface area (Å²) in [5, 5.41) is 8.49. The smallest absolute Gasteiger partial charge is 0.271 e. The van der Waals surface area contributed by atoms with E-state index in [4.69, 9.17) is 23.5 Å². The topological polar surface area (TPSA) is 91.3 Å². The van der Waals surface area contributed by atoms with E-state index >= 15 is 0 Å². The molecule has 8 heteroatoms. The van der Waals surface area contributed by atoms with Crippen LogP contribution in [-0.2, 0) is 34.3 Å². The van der Waals surface area contributed by atoms with E-state index in [2.05, 4.69) is 0 Å². The Morgan fingerprint density at radius 1 is 0.783 bits per heavy atom. The van der Waals surface area contributed by atoms with Crippen molar-refractivity contribution in [1.29, 1.82) is 0 Å². The lowest BCUT2D eigenvalue weighted by atomic mass is 10.2. The molecule has 0 fully saturated rings. The van der Waals surface area contributed by atoms with E-state index < -0.39 is 10.1 Å². The van der Waals surface area contributed by atoms with Crippen molar-refractivity contribution in [3.63, 3.8) is 0 Å². The molecule has 0 bridgehead atoms. The van der Waals surface area contributed by atoms with Gasteiger partial charge in [0.1, 0.15) is 5.75 Å². The normalized spacial score (nSPS) is 11.7. The number of benzene rings is 1. The molecule has 132 valence electrons. The van der Waals surface area contributed by atoms with Gasteiger partial charge in [0.15, 0.2) is 0 Å². The summed E-state index contributed by atoms with van der Waals surface area (Å²) < 4.78 is 43.8. The quantitative estimate of drug-likeness (QED) is 0.388. The highest BCUT2D eigenvalue weighted by molar-refractivity contribution is 7.85. The van der Waals surface area contributed by atoms with E-state index in [9.17, 15) is 8.42 Å². The Morgan fingerprint density at radius 2 is 1.30 bits per heavy atom. The second kappa shape index (κ2) is 12.4. The summed E-state index contributed by atoms with van der Waals surface area (Å²) in [6.07, 6.45) is 0. The molecule has 1 rings (SSSR count). The van der Waals surface area contributed by atoms with E-state index in [1.165, 1.54) is 0 Å². The van der Waals surface area contributed by atoms with E-state index in [0.717, 1.165) is 0 Å². The van der Waals surface area contributed by atoms with E-state index in [0.29, 0.717) is 38.6 Å². The van der Waals surface area contributed by atoms with Gasteiger partial charge >= 0.3 is 0 Å². The van der Waals surface area contributed by atoms with Gasteiger partial charge in [-0.3, -0.25) is 4.18 Å². The highest BCUT2D eigenvalue weighted by Gasteiger charge is 2.11. The standard InChI is InChI=1S/C15H24O7S/c16-6-7-19-8-9-20-10-11-21-12-13-22-23(17,18)14-15-4-2-1-3-5-15/h1-5,16H,6-14H2. The molecule has 0 saturated heterocycles. The summed E-state index contributed by atoms with van der Waals surface area (Å²) in [5.41, 5.74) is 0.685. The van der Waals surface area contributed by atoms with Gasteiger partial charge in [-0.1, -0.05) is 30.3 Å². The van der Waals surface area contributed by atoms with Crippen LogP contribution in [0.25, 0.3) is 0 Å². The van der Waals surface area contributed by atoms with Gasteiger partial charge < -0.3 is 19.3 Å². The fourth-order valence-electron chi connectivity index (χ4n) is 1.65. The first-order valence-electron chi connectivity index (χ1n) is 7.39. The van der Waals surface area contributed by atoms with Gasteiger partial charge in [0, 0.05) is 0 Å². The van der Waals surface area contributed by atoms with Gasteiger partial charge in [0.05, 0.1) is 52.9 Å². The average Bonchev–Trinajstić information content (AvgIpc) is 2.53. The molecule has 0 radical (unpaired) electrons. The number of hydrogen-bond acceptors (Lipinski definition) is 7. The Hall–Kier alpha value is -1.03. The highest BCUT2D eigenvalue weighted by Crippen LogP contribution is 2.06. The largest absolute Gasteiger partial charge is 0.394 e. The van der Waals surface area contributed by atoms with Crippen LogP contribution in [0.2, 0.25) is 0 Å².